The van der Waals surface area contributed by atoms with E-state index in [2.05, 4.69) is 34.4 Å². The summed E-state index contributed by atoms with van der Waals surface area (Å²) < 4.78 is 5.41. The summed E-state index contributed by atoms with van der Waals surface area (Å²) in [7, 11) is 0. The van der Waals surface area contributed by atoms with E-state index in [1.165, 1.54) is 5.56 Å². The van der Waals surface area contributed by atoms with Crippen molar-refractivity contribution in [2.45, 2.75) is 46.0 Å². The fourth-order valence-corrected chi connectivity index (χ4v) is 2.64. The normalized spacial score (nSPS) is 15.9. The Hall–Kier alpha value is -1.36. The number of nitrogens with zero attached hydrogens (tertiary/aromatic N) is 2. The van der Waals surface area contributed by atoms with E-state index in [9.17, 15) is 0 Å². The Kier molecular flexibility index (Phi) is 6.73. The second kappa shape index (κ2) is 8.82. The first-order chi connectivity index (χ1) is 10.3. The zero-order valence-corrected chi connectivity index (χ0v) is 13.3. The molecule has 0 radical (unpaired) electrons. The van der Waals surface area contributed by atoms with Crippen molar-refractivity contribution in [2.75, 3.05) is 36.9 Å². The minimum absolute atomic E-state index is 0.690. The molecule has 0 aliphatic carbocycles. The highest BCUT2D eigenvalue weighted by atomic mass is 16.5. The van der Waals surface area contributed by atoms with Crippen LogP contribution >= 0.6 is 0 Å². The van der Waals surface area contributed by atoms with E-state index in [0.717, 1.165) is 70.0 Å². The van der Waals surface area contributed by atoms with E-state index in [1.54, 1.807) is 6.33 Å². The van der Waals surface area contributed by atoms with Crippen molar-refractivity contribution in [3.8, 4) is 0 Å². The van der Waals surface area contributed by atoms with Crippen molar-refractivity contribution in [3.05, 3.63) is 11.9 Å². The van der Waals surface area contributed by atoms with Crippen molar-refractivity contribution in [1.29, 1.82) is 0 Å². The van der Waals surface area contributed by atoms with E-state index in [1.807, 2.05) is 0 Å². The van der Waals surface area contributed by atoms with E-state index in [-0.39, 0.29) is 0 Å². The second-order valence-corrected chi connectivity index (χ2v) is 5.66. The number of hydrogen-bond acceptors (Lipinski definition) is 5. The third kappa shape index (κ3) is 4.84. The van der Waals surface area contributed by atoms with Crippen molar-refractivity contribution < 1.29 is 4.74 Å². The SMILES string of the molecule is CCCNc1ncnc(NCC2CCOCC2)c1CCC. The molecular weight excluding hydrogens is 264 g/mol. The summed E-state index contributed by atoms with van der Waals surface area (Å²) in [5.74, 6) is 2.68. The molecule has 5 heteroatoms. The topological polar surface area (TPSA) is 59.1 Å². The largest absolute Gasteiger partial charge is 0.381 e. The molecule has 0 amide bonds. The molecule has 1 aliphatic heterocycles. The molecule has 2 rings (SSSR count). The van der Waals surface area contributed by atoms with Crippen LogP contribution in [0.1, 0.15) is 45.1 Å². The zero-order valence-electron chi connectivity index (χ0n) is 13.3. The maximum absolute atomic E-state index is 5.41. The fourth-order valence-electron chi connectivity index (χ4n) is 2.64. The van der Waals surface area contributed by atoms with Gasteiger partial charge in [0.25, 0.3) is 0 Å². The predicted molar refractivity (Wildman–Crippen MR) is 86.8 cm³/mol. The van der Waals surface area contributed by atoms with Gasteiger partial charge in [-0.3, -0.25) is 0 Å². The lowest BCUT2D eigenvalue weighted by atomic mass is 10.0. The zero-order chi connectivity index (χ0) is 14.9. The molecule has 0 unspecified atom stereocenters. The molecule has 2 N–H and O–H groups in total. The highest BCUT2D eigenvalue weighted by molar-refractivity contribution is 5.57. The van der Waals surface area contributed by atoms with Crippen LogP contribution in [-0.2, 0) is 11.2 Å². The lowest BCUT2D eigenvalue weighted by molar-refractivity contribution is 0.0699. The molecule has 0 spiro atoms. The Balaban J connectivity index is 2.02. The smallest absolute Gasteiger partial charge is 0.134 e. The third-order valence-electron chi connectivity index (χ3n) is 3.89. The van der Waals surface area contributed by atoms with Crippen LogP contribution in [0.15, 0.2) is 6.33 Å². The molecule has 1 saturated heterocycles. The third-order valence-corrected chi connectivity index (χ3v) is 3.89. The molecule has 1 fully saturated rings. The average molecular weight is 292 g/mol. The van der Waals surface area contributed by atoms with E-state index in [0.29, 0.717) is 5.92 Å². The standard InChI is InChI=1S/C16H28N4O/c1-3-5-14-15(17-8-4-2)19-12-20-16(14)18-11-13-6-9-21-10-7-13/h12-13H,3-11H2,1-2H3,(H2,17,18,19,20). The quantitative estimate of drug-likeness (QED) is 0.771. The van der Waals surface area contributed by atoms with Crippen LogP contribution in [0.3, 0.4) is 0 Å². The fraction of sp³-hybridized carbons (Fsp3) is 0.750. The van der Waals surface area contributed by atoms with Gasteiger partial charge >= 0.3 is 0 Å². The summed E-state index contributed by atoms with van der Waals surface area (Å²) in [4.78, 5) is 8.86. The highest BCUT2D eigenvalue weighted by Gasteiger charge is 2.15. The molecule has 0 bridgehead atoms. The van der Waals surface area contributed by atoms with Crippen LogP contribution in [-0.4, -0.2) is 36.3 Å². The van der Waals surface area contributed by atoms with Crippen LogP contribution in [0, 0.1) is 5.92 Å². The van der Waals surface area contributed by atoms with Crippen molar-refractivity contribution >= 4 is 11.6 Å². The molecule has 1 aromatic rings. The van der Waals surface area contributed by atoms with Crippen LogP contribution < -0.4 is 10.6 Å². The van der Waals surface area contributed by atoms with Crippen molar-refractivity contribution in [3.63, 3.8) is 0 Å². The number of aromatic nitrogens is 2. The first-order valence-electron chi connectivity index (χ1n) is 8.24. The van der Waals surface area contributed by atoms with Gasteiger partial charge in [0, 0.05) is 31.9 Å². The van der Waals surface area contributed by atoms with Crippen LogP contribution in [0.5, 0.6) is 0 Å². The summed E-state index contributed by atoms with van der Waals surface area (Å²) >= 11 is 0. The molecule has 2 heterocycles. The summed E-state index contributed by atoms with van der Waals surface area (Å²) in [5.41, 5.74) is 1.22. The number of ether oxygens (including phenoxy) is 1. The summed E-state index contributed by atoms with van der Waals surface area (Å²) in [6, 6.07) is 0. The predicted octanol–water partition coefficient (Wildman–Crippen LogP) is 3.09. The van der Waals surface area contributed by atoms with E-state index >= 15 is 0 Å². The Labute approximate surface area is 127 Å². The van der Waals surface area contributed by atoms with Gasteiger partial charge in [0.2, 0.25) is 0 Å². The number of anilines is 2. The van der Waals surface area contributed by atoms with Gasteiger partial charge < -0.3 is 15.4 Å². The highest BCUT2D eigenvalue weighted by Crippen LogP contribution is 2.23. The maximum atomic E-state index is 5.41. The second-order valence-electron chi connectivity index (χ2n) is 5.66. The monoisotopic (exact) mass is 292 g/mol. The van der Waals surface area contributed by atoms with Gasteiger partial charge in [-0.15, -0.1) is 0 Å². The van der Waals surface area contributed by atoms with Crippen LogP contribution in [0.2, 0.25) is 0 Å². The lowest BCUT2D eigenvalue weighted by Gasteiger charge is -2.23. The first kappa shape index (κ1) is 16.0. The van der Waals surface area contributed by atoms with Gasteiger partial charge in [-0.05, 0) is 31.6 Å². The first-order valence-corrected chi connectivity index (χ1v) is 8.24. The Morgan fingerprint density at radius 2 is 1.81 bits per heavy atom. The lowest BCUT2D eigenvalue weighted by Crippen LogP contribution is -2.23. The van der Waals surface area contributed by atoms with Gasteiger partial charge in [0.1, 0.15) is 18.0 Å². The molecule has 1 aromatic heterocycles. The average Bonchev–Trinajstić information content (AvgIpc) is 2.53. The van der Waals surface area contributed by atoms with Gasteiger partial charge in [0.05, 0.1) is 0 Å². The molecular formula is C16H28N4O. The Morgan fingerprint density at radius 3 is 2.48 bits per heavy atom. The van der Waals surface area contributed by atoms with Crippen LogP contribution in [0.25, 0.3) is 0 Å². The maximum Gasteiger partial charge on any atom is 0.134 e. The summed E-state index contributed by atoms with van der Waals surface area (Å²) in [5, 5.41) is 6.95. The molecule has 0 saturated carbocycles. The van der Waals surface area contributed by atoms with Crippen molar-refractivity contribution in [1.82, 2.24) is 9.97 Å². The molecule has 21 heavy (non-hydrogen) atoms. The molecule has 118 valence electrons. The van der Waals surface area contributed by atoms with Gasteiger partial charge in [-0.25, -0.2) is 9.97 Å². The minimum Gasteiger partial charge on any atom is -0.381 e. The molecule has 0 aromatic carbocycles. The van der Waals surface area contributed by atoms with Crippen LogP contribution in [0.4, 0.5) is 11.6 Å². The number of hydrogen-bond donors (Lipinski definition) is 2. The number of rotatable bonds is 8. The Morgan fingerprint density at radius 1 is 1.10 bits per heavy atom. The molecule has 5 nitrogen and oxygen atoms in total. The summed E-state index contributed by atoms with van der Waals surface area (Å²) in [6.07, 6.45) is 7.14. The molecule has 1 aliphatic rings. The number of nitrogens with one attached hydrogen (secondary N) is 2. The van der Waals surface area contributed by atoms with E-state index in [4.69, 9.17) is 4.74 Å². The summed E-state index contributed by atoms with van der Waals surface area (Å²) in [6.45, 7) is 8.07. The molecule has 0 atom stereocenters. The van der Waals surface area contributed by atoms with E-state index < -0.39 is 0 Å². The van der Waals surface area contributed by atoms with Gasteiger partial charge in [0.15, 0.2) is 0 Å². The van der Waals surface area contributed by atoms with Crippen molar-refractivity contribution in [2.24, 2.45) is 5.92 Å². The van der Waals surface area contributed by atoms with Gasteiger partial charge in [-0.2, -0.15) is 0 Å². The Bertz CT molecular complexity index is 419. The minimum atomic E-state index is 0.690. The van der Waals surface area contributed by atoms with Gasteiger partial charge in [-0.1, -0.05) is 20.3 Å².